The highest BCUT2D eigenvalue weighted by Crippen LogP contribution is 2.15. The van der Waals surface area contributed by atoms with Gasteiger partial charge in [0, 0.05) is 11.9 Å². The molecule has 0 aliphatic heterocycles. The molecule has 0 bridgehead atoms. The molecule has 0 aromatic heterocycles. The molecule has 2 rings (SSSR count). The van der Waals surface area contributed by atoms with Crippen molar-refractivity contribution < 1.29 is 14.3 Å². The van der Waals surface area contributed by atoms with Crippen LogP contribution < -0.4 is 10.2 Å². The molecule has 0 heterocycles. The van der Waals surface area contributed by atoms with Gasteiger partial charge < -0.3 is 4.74 Å². The topological polar surface area (TPSA) is 67.8 Å². The summed E-state index contributed by atoms with van der Waals surface area (Å²) in [6.07, 6.45) is 1.46. The van der Waals surface area contributed by atoms with Gasteiger partial charge in [0.2, 0.25) is 5.91 Å². The summed E-state index contributed by atoms with van der Waals surface area (Å²) in [5.41, 5.74) is 3.39. The summed E-state index contributed by atoms with van der Waals surface area (Å²) in [6.45, 7) is 1.36. The number of benzene rings is 2. The van der Waals surface area contributed by atoms with Crippen molar-refractivity contribution in [1.29, 1.82) is 0 Å². The molecule has 2 aromatic rings. The number of nitrogens with one attached hydrogen (secondary N) is 1. The van der Waals surface area contributed by atoms with Gasteiger partial charge in [-0.3, -0.25) is 4.79 Å². The van der Waals surface area contributed by atoms with Crippen LogP contribution >= 0.6 is 11.6 Å². The van der Waals surface area contributed by atoms with Gasteiger partial charge in [-0.25, -0.2) is 10.2 Å². The second kappa shape index (κ2) is 7.38. The van der Waals surface area contributed by atoms with Crippen LogP contribution in [0.2, 0.25) is 5.02 Å². The second-order valence-electron chi connectivity index (χ2n) is 4.40. The Morgan fingerprint density at radius 3 is 2.59 bits per heavy atom. The molecule has 1 amide bonds. The van der Waals surface area contributed by atoms with Crippen molar-refractivity contribution in [3.63, 3.8) is 0 Å². The quantitative estimate of drug-likeness (QED) is 0.408. The first-order valence-electron chi connectivity index (χ1n) is 6.42. The minimum atomic E-state index is -0.479. The van der Waals surface area contributed by atoms with Gasteiger partial charge in [0.15, 0.2) is 0 Å². The standard InChI is InChI=1S/C16H13ClN2O3/c1-11(20)19-18-10-12-3-2-4-15(9-12)22-16(21)13-5-7-14(17)8-6-13/h2-10H,1H3,(H,19,20)/b18-10-. The first-order chi connectivity index (χ1) is 10.5. The summed E-state index contributed by atoms with van der Waals surface area (Å²) in [5, 5.41) is 4.30. The number of halogens is 1. The van der Waals surface area contributed by atoms with Gasteiger partial charge in [0.25, 0.3) is 0 Å². The number of rotatable bonds is 4. The Morgan fingerprint density at radius 2 is 1.91 bits per heavy atom. The van der Waals surface area contributed by atoms with Crippen molar-refractivity contribution >= 4 is 29.7 Å². The summed E-state index contributed by atoms with van der Waals surface area (Å²) in [4.78, 5) is 22.7. The average Bonchev–Trinajstić information content (AvgIpc) is 2.48. The van der Waals surface area contributed by atoms with Crippen LogP contribution in [-0.4, -0.2) is 18.1 Å². The van der Waals surface area contributed by atoms with Gasteiger partial charge in [-0.2, -0.15) is 5.10 Å². The Hall–Kier alpha value is -2.66. The lowest BCUT2D eigenvalue weighted by molar-refractivity contribution is -0.118. The molecule has 0 unspecified atom stereocenters. The van der Waals surface area contributed by atoms with E-state index in [2.05, 4.69) is 10.5 Å². The molecule has 2 aromatic carbocycles. The molecule has 112 valence electrons. The van der Waals surface area contributed by atoms with E-state index in [4.69, 9.17) is 16.3 Å². The van der Waals surface area contributed by atoms with Crippen molar-refractivity contribution in [2.24, 2.45) is 5.10 Å². The number of esters is 1. The molecule has 0 saturated carbocycles. The Bertz CT molecular complexity index is 712. The van der Waals surface area contributed by atoms with Crippen molar-refractivity contribution in [2.45, 2.75) is 6.92 Å². The number of carbonyl (C=O) groups excluding carboxylic acids is 2. The normalized spacial score (nSPS) is 10.5. The van der Waals surface area contributed by atoms with Crippen molar-refractivity contribution in [2.75, 3.05) is 0 Å². The van der Waals surface area contributed by atoms with Gasteiger partial charge in [0.1, 0.15) is 5.75 Å². The van der Waals surface area contributed by atoms with E-state index in [-0.39, 0.29) is 5.91 Å². The SMILES string of the molecule is CC(=O)N/N=C\c1cccc(OC(=O)c2ccc(Cl)cc2)c1. The molecular formula is C16H13ClN2O3. The third-order valence-corrected chi connectivity index (χ3v) is 2.84. The molecule has 5 nitrogen and oxygen atoms in total. The molecule has 1 N–H and O–H groups in total. The Kier molecular flexibility index (Phi) is 5.27. The Balaban J connectivity index is 2.06. The van der Waals surface area contributed by atoms with Gasteiger partial charge in [-0.1, -0.05) is 23.7 Å². The lowest BCUT2D eigenvalue weighted by Gasteiger charge is -2.05. The van der Waals surface area contributed by atoms with Crippen LogP contribution in [-0.2, 0) is 4.79 Å². The van der Waals surface area contributed by atoms with Crippen LogP contribution in [0.3, 0.4) is 0 Å². The zero-order valence-electron chi connectivity index (χ0n) is 11.7. The predicted octanol–water partition coefficient (Wildman–Crippen LogP) is 3.03. The first-order valence-corrected chi connectivity index (χ1v) is 6.80. The molecule has 6 heteroatoms. The zero-order valence-corrected chi connectivity index (χ0v) is 12.5. The lowest BCUT2D eigenvalue weighted by Crippen LogP contribution is -2.12. The average molecular weight is 317 g/mol. The van der Waals surface area contributed by atoms with E-state index >= 15 is 0 Å². The number of ether oxygens (including phenoxy) is 1. The number of amides is 1. The molecule has 0 fully saturated rings. The summed E-state index contributed by atoms with van der Waals surface area (Å²) in [5.74, 6) is -0.360. The maximum absolute atomic E-state index is 12.0. The highest BCUT2D eigenvalue weighted by molar-refractivity contribution is 6.30. The van der Waals surface area contributed by atoms with E-state index in [9.17, 15) is 9.59 Å². The third-order valence-electron chi connectivity index (χ3n) is 2.58. The van der Waals surface area contributed by atoms with Crippen LogP contribution in [0, 0.1) is 0 Å². The van der Waals surface area contributed by atoms with E-state index in [1.807, 2.05) is 0 Å². The van der Waals surface area contributed by atoms with Crippen LogP contribution in [0.4, 0.5) is 0 Å². The molecule has 0 aliphatic carbocycles. The zero-order chi connectivity index (χ0) is 15.9. The van der Waals surface area contributed by atoms with Crippen molar-refractivity contribution in [3.05, 3.63) is 64.7 Å². The van der Waals surface area contributed by atoms with Gasteiger partial charge in [-0.05, 0) is 42.0 Å². The van der Waals surface area contributed by atoms with Crippen LogP contribution in [0.15, 0.2) is 53.6 Å². The number of carbonyl (C=O) groups is 2. The van der Waals surface area contributed by atoms with Crippen LogP contribution in [0.1, 0.15) is 22.8 Å². The van der Waals surface area contributed by atoms with Crippen molar-refractivity contribution in [1.82, 2.24) is 5.43 Å². The van der Waals surface area contributed by atoms with Crippen LogP contribution in [0.5, 0.6) is 5.75 Å². The Labute approximate surface area is 132 Å². The fourth-order valence-corrected chi connectivity index (χ4v) is 1.73. The van der Waals surface area contributed by atoms with Crippen molar-refractivity contribution in [3.8, 4) is 5.75 Å². The van der Waals surface area contributed by atoms with E-state index in [0.29, 0.717) is 21.9 Å². The fourth-order valence-electron chi connectivity index (χ4n) is 1.61. The second-order valence-corrected chi connectivity index (χ2v) is 4.83. The number of hydrogen-bond donors (Lipinski definition) is 1. The first kappa shape index (κ1) is 15.7. The van der Waals surface area contributed by atoms with E-state index in [1.54, 1.807) is 48.5 Å². The van der Waals surface area contributed by atoms with E-state index < -0.39 is 5.97 Å². The molecule has 0 atom stereocenters. The highest BCUT2D eigenvalue weighted by Gasteiger charge is 2.08. The number of hydrogen-bond acceptors (Lipinski definition) is 4. The van der Waals surface area contributed by atoms with E-state index in [1.165, 1.54) is 13.1 Å². The summed E-state index contributed by atoms with van der Waals surface area (Å²) < 4.78 is 5.28. The van der Waals surface area contributed by atoms with Gasteiger partial charge >= 0.3 is 5.97 Å². The highest BCUT2D eigenvalue weighted by atomic mass is 35.5. The molecule has 22 heavy (non-hydrogen) atoms. The fraction of sp³-hybridized carbons (Fsp3) is 0.0625. The van der Waals surface area contributed by atoms with Crippen LogP contribution in [0.25, 0.3) is 0 Å². The molecule has 0 aliphatic rings. The molecule has 0 radical (unpaired) electrons. The molecule has 0 saturated heterocycles. The minimum absolute atomic E-state index is 0.262. The predicted molar refractivity (Wildman–Crippen MR) is 84.3 cm³/mol. The largest absolute Gasteiger partial charge is 0.423 e. The summed E-state index contributed by atoms with van der Waals surface area (Å²) >= 11 is 5.77. The Morgan fingerprint density at radius 1 is 1.18 bits per heavy atom. The van der Waals surface area contributed by atoms with Gasteiger partial charge in [-0.15, -0.1) is 0 Å². The monoisotopic (exact) mass is 316 g/mol. The maximum atomic E-state index is 12.0. The van der Waals surface area contributed by atoms with Gasteiger partial charge in [0.05, 0.1) is 11.8 Å². The molecular weight excluding hydrogens is 304 g/mol. The lowest BCUT2D eigenvalue weighted by atomic mass is 10.2. The smallest absolute Gasteiger partial charge is 0.343 e. The number of hydrazone groups is 1. The summed E-state index contributed by atoms with van der Waals surface area (Å²) in [6, 6.07) is 13.2. The molecule has 0 spiro atoms. The van der Waals surface area contributed by atoms with E-state index in [0.717, 1.165) is 0 Å². The summed E-state index contributed by atoms with van der Waals surface area (Å²) in [7, 11) is 0. The minimum Gasteiger partial charge on any atom is -0.423 e. The third kappa shape index (κ3) is 4.71. The maximum Gasteiger partial charge on any atom is 0.343 e. The number of nitrogens with zero attached hydrogens (tertiary/aromatic N) is 1.